The van der Waals surface area contributed by atoms with Crippen molar-refractivity contribution >= 4 is 58.7 Å². The number of terminal acetylenes is 8. The van der Waals surface area contributed by atoms with Crippen molar-refractivity contribution in [2.24, 2.45) is 47.3 Å². The Hall–Kier alpha value is -9.62. The fourth-order valence-electron chi connectivity index (χ4n) is 21.3. The molecule has 0 spiro atoms. The first-order chi connectivity index (χ1) is 65.2. The third-order valence-electron chi connectivity index (χ3n) is 27.6. The number of carbonyl (C=O) groups excluding carboxylic acids is 8. The average molecular weight is 1950 g/mol. The van der Waals surface area contributed by atoms with E-state index in [2.05, 4.69) is 117 Å². The summed E-state index contributed by atoms with van der Waals surface area (Å²) in [5, 5.41) is 33.9. The molecule has 0 aromatic carbocycles. The number of carboxylic acid groups (broad SMARTS) is 2. The maximum absolute atomic E-state index is 11.6. The number of nitrogens with one attached hydrogen (secondary N) is 10. The van der Waals surface area contributed by atoms with Crippen LogP contribution in [0.5, 0.6) is 0 Å². The number of rotatable bonds is 43. The molecule has 32 atom stereocenters. The number of likely N-dealkylation sites (N-methyl/N-ethyl adjacent to an activating group) is 6. The van der Waals surface area contributed by atoms with Gasteiger partial charge in [0.1, 0.15) is 102 Å². The van der Waals surface area contributed by atoms with Crippen molar-refractivity contribution < 1.29 is 116 Å². The minimum absolute atomic E-state index is 0.00977. The molecular formula is C98H160N16O24. The van der Waals surface area contributed by atoms with Gasteiger partial charge in [0.05, 0.1) is 116 Å². The predicted octanol–water partition coefficient (Wildman–Crippen LogP) is 1.96. The molecule has 0 bridgehead atoms. The van der Waals surface area contributed by atoms with Crippen LogP contribution in [-0.4, -0.2) is 338 Å². The van der Waals surface area contributed by atoms with Gasteiger partial charge in [0.15, 0.2) is 0 Å². The maximum Gasteiger partial charge on any atom is 0.320 e. The third kappa shape index (κ3) is 38.4. The number of carbonyl (C=O) groups is 10. The van der Waals surface area contributed by atoms with Gasteiger partial charge in [0, 0.05) is 106 Å². The average Bonchev–Trinajstić information content (AvgIpc) is 1.61. The zero-order chi connectivity index (χ0) is 105. The van der Waals surface area contributed by atoms with Crippen LogP contribution in [0.15, 0.2) is 0 Å². The number of hydrogen-bond acceptors (Lipinski definition) is 38. The van der Waals surface area contributed by atoms with E-state index in [9.17, 15) is 58.2 Å². The molecular weight excluding hydrogens is 1790 g/mol. The zero-order valence-corrected chi connectivity index (χ0v) is 85.7. The Morgan fingerprint density at radius 3 is 0.848 bits per heavy atom. The molecule has 8 aliphatic rings. The fourth-order valence-corrected chi connectivity index (χ4v) is 21.3. The van der Waals surface area contributed by atoms with E-state index in [1.54, 1.807) is 81.7 Å². The summed E-state index contributed by atoms with van der Waals surface area (Å²) < 4.78 is 15.5. The van der Waals surface area contributed by atoms with Crippen molar-refractivity contribution in [3.8, 4) is 100 Å². The van der Waals surface area contributed by atoms with E-state index in [0.29, 0.717) is 57.3 Å². The van der Waals surface area contributed by atoms with Gasteiger partial charge in [-0.1, -0.05) is 78.1 Å². The standard InChI is InChI=1S/C13H22N2O3.2C13H22N2O2.C12H18N2O4.2C12H20N2O3.C12H18N2O3.C11H18N2O4/c1-6-18-14-9(2)13-11(8-17-5)7-12(10(3)16)15(13)4;2*1-6-11-8-12(10(4)16)15(5)13(11)9(3)14-17-7-2;1-5-18-13-7(2)11-9(12(16)17)6-10(8(3)15)14(11)4;1-5-17-14-8(2)12-10(7-16-4)6-11(13-12)9(3)15;2*1-5-17-13-8(2)12-10(7-15)6-11(9(3)16)14(12)4;1-4-17-13-7(2)10-8(6-16-3)5-9(12-10)11(14)15/h1,9,11-14H,7-8H2,2-5H3;2*2,9,11-14H,6,8H2,1,3-5H3;1,7,9-11,13H,6H2,2-4H3,(H,16,17);1,8,10-14H,6-7H2,2-4H3;1,8,10-13,15H,6-7H2,2-4H3;1,7-8,10-13H,6H2,2-4H3;1,7-10,12-13H,5-6H2,2-3H3,(H,14,15)/t9?,11-,12+,13-;2*9?,11-,12-,13?;7?,9-,10-,11+;3*8?,10-,11+,12-;7?,8-,9+,10-/m01110000/s1. The number of Topliss-reactive ketones (excluding diaryl/α,β-unsaturated/α-hetero) is 7. The molecule has 0 aromatic heterocycles. The molecule has 8 fully saturated rings. The third-order valence-corrected chi connectivity index (χ3v) is 27.6. The van der Waals surface area contributed by atoms with Crippen molar-refractivity contribution in [2.45, 2.75) is 327 Å². The fraction of sp³-hybridized carbons (Fsp3) is 0.735. The number of nitrogens with zero attached hydrogens (tertiary/aromatic N) is 6. The lowest BCUT2D eigenvalue weighted by atomic mass is 9.92. The van der Waals surface area contributed by atoms with E-state index >= 15 is 0 Å². The van der Waals surface area contributed by atoms with Crippen LogP contribution in [0.2, 0.25) is 0 Å². The van der Waals surface area contributed by atoms with Crippen LogP contribution in [0, 0.1) is 148 Å². The molecule has 0 radical (unpaired) electrons. The van der Waals surface area contributed by atoms with Gasteiger partial charge < -0.3 is 78.3 Å². The lowest BCUT2D eigenvalue weighted by molar-refractivity contribution is -0.143. The van der Waals surface area contributed by atoms with Gasteiger partial charge in [-0.25, -0.2) is 0 Å². The molecule has 8 heterocycles. The van der Waals surface area contributed by atoms with E-state index in [4.69, 9.17) is 99.7 Å². The predicted molar refractivity (Wildman–Crippen MR) is 518 cm³/mol. The summed E-state index contributed by atoms with van der Waals surface area (Å²) in [4.78, 5) is 164. The van der Waals surface area contributed by atoms with Gasteiger partial charge in [-0.05, 0) is 209 Å². The summed E-state index contributed by atoms with van der Waals surface area (Å²) in [6.07, 6.45) is 65.0. The second-order valence-corrected chi connectivity index (χ2v) is 36.7. The van der Waals surface area contributed by atoms with Crippen molar-refractivity contribution in [1.29, 1.82) is 0 Å². The number of ketones is 7. The Kier molecular flexibility index (Phi) is 60.6. The molecule has 0 amide bonds. The number of likely N-dealkylation sites (tertiary alicyclic amines) is 6. The number of aliphatic hydroxyl groups is 1. The van der Waals surface area contributed by atoms with Crippen LogP contribution in [0.3, 0.4) is 0 Å². The smallest absolute Gasteiger partial charge is 0.320 e. The molecule has 0 aromatic rings. The number of hydroxylamine groups is 8. The summed E-state index contributed by atoms with van der Waals surface area (Å²) in [6.45, 7) is 32.7. The lowest BCUT2D eigenvalue weighted by Crippen LogP contribution is -2.50. The van der Waals surface area contributed by atoms with Crippen molar-refractivity contribution in [1.82, 2.24) is 83.9 Å². The number of aliphatic carboxylic acids is 2. The van der Waals surface area contributed by atoms with Gasteiger partial charge in [-0.2, -0.15) is 0 Å². The second-order valence-electron chi connectivity index (χ2n) is 36.7. The highest BCUT2D eigenvalue weighted by Crippen LogP contribution is 2.38. The molecule has 8 rings (SSSR count). The SMILES string of the molecule is C#CONC(C)C1[C@H](CC)C[C@H](C(C)=O)N1C.C#CONC(C)C1[C@H](CC)C[C@H](C(C)=O)N1C.C#CONC(C)[C@@H]1N[C@@H](C(=O)O)C[C@H]1COC.C#CONC(C)[C@@H]1N[C@@H](C(C)=O)C[C@H]1COC.C#CONC(C)[C@H]1[C@H](C(=O)O)C[C@H](C(C)=O)N1C.C#CONC(C)[C@H]1[C@H](C=O)C[C@H](C(C)=O)N1C.C#CONC(C)[C@H]1[C@H](CO)C[C@H](C(C)=O)N1C.C#CONC(C)[C@H]1[C@H](COC)C[C@H](C(C)=O)N1C. The van der Waals surface area contributed by atoms with Gasteiger partial charge >= 0.3 is 11.9 Å². The number of methoxy groups -OCH3 is 3. The molecule has 0 saturated carbocycles. The molecule has 8 saturated heterocycles. The molecule has 8 aliphatic heterocycles. The number of ether oxygens (including phenoxy) is 3. The van der Waals surface area contributed by atoms with Crippen molar-refractivity contribution in [3.05, 3.63) is 0 Å². The molecule has 776 valence electrons. The van der Waals surface area contributed by atoms with Crippen LogP contribution in [0.4, 0.5) is 0 Å². The molecule has 10 unspecified atom stereocenters. The van der Waals surface area contributed by atoms with E-state index in [0.717, 1.165) is 44.8 Å². The van der Waals surface area contributed by atoms with Crippen LogP contribution in [-0.2, 0) is 101 Å². The largest absolute Gasteiger partial charge is 0.481 e. The number of aldehydes is 1. The lowest BCUT2D eigenvalue weighted by Gasteiger charge is -2.31. The van der Waals surface area contributed by atoms with Gasteiger partial charge in [-0.3, -0.25) is 77.9 Å². The summed E-state index contributed by atoms with van der Waals surface area (Å²) in [6, 6.07) is -1.32. The number of hydrogen-bond donors (Lipinski definition) is 13. The first-order valence-corrected chi connectivity index (χ1v) is 46.5. The zero-order valence-electron chi connectivity index (χ0n) is 85.7. The van der Waals surface area contributed by atoms with E-state index in [1.807, 2.05) is 118 Å². The van der Waals surface area contributed by atoms with E-state index in [-0.39, 0.29) is 216 Å². The van der Waals surface area contributed by atoms with E-state index < -0.39 is 23.9 Å². The summed E-state index contributed by atoms with van der Waals surface area (Å²) in [5.41, 5.74) is 21.9. The first kappa shape index (κ1) is 126. The minimum Gasteiger partial charge on any atom is -0.481 e. The molecule has 40 heteroatoms. The Labute approximate surface area is 819 Å². The molecule has 138 heavy (non-hydrogen) atoms. The Morgan fingerprint density at radius 2 is 0.572 bits per heavy atom. The van der Waals surface area contributed by atoms with E-state index in [1.165, 1.54) is 6.92 Å². The summed E-state index contributed by atoms with van der Waals surface area (Å²) in [5.74, 6) is 0.145. The highest BCUT2D eigenvalue weighted by atomic mass is 16.7. The van der Waals surface area contributed by atoms with Crippen LogP contribution in [0.1, 0.15) is 182 Å². The Bertz CT molecular complexity index is 3900. The van der Waals surface area contributed by atoms with Crippen molar-refractivity contribution in [2.75, 3.05) is 90.0 Å². The minimum atomic E-state index is -0.912. The highest BCUT2D eigenvalue weighted by Gasteiger charge is 2.51. The summed E-state index contributed by atoms with van der Waals surface area (Å²) in [7, 11) is 16.4. The monoisotopic (exact) mass is 1950 g/mol. The normalized spacial score (nSPS) is 30.2. The van der Waals surface area contributed by atoms with Gasteiger partial charge in [0.2, 0.25) is 0 Å². The highest BCUT2D eigenvalue weighted by molar-refractivity contribution is 5.85. The molecule has 0 aliphatic carbocycles. The number of aliphatic hydroxyl groups excluding tert-OH is 1. The quantitative estimate of drug-likeness (QED) is 0.0236. The Morgan fingerprint density at radius 1 is 0.333 bits per heavy atom. The maximum atomic E-state index is 11.6. The van der Waals surface area contributed by atoms with Crippen LogP contribution >= 0.6 is 0 Å². The van der Waals surface area contributed by atoms with Crippen LogP contribution < -0.4 is 54.5 Å². The van der Waals surface area contributed by atoms with Gasteiger partial charge in [-0.15, -0.1) is 43.8 Å². The molecule has 13 N–H and O–H groups in total. The van der Waals surface area contributed by atoms with Gasteiger partial charge in [0.25, 0.3) is 0 Å². The Balaban J connectivity index is 0.000000789. The summed E-state index contributed by atoms with van der Waals surface area (Å²) >= 11 is 0. The van der Waals surface area contributed by atoms with Crippen LogP contribution in [0.25, 0.3) is 0 Å². The topological polar surface area (TPSA) is 473 Å². The molecule has 40 nitrogen and oxygen atoms in total. The number of carboxylic acids is 2. The second kappa shape index (κ2) is 66.1. The first-order valence-electron chi connectivity index (χ1n) is 46.5. The van der Waals surface area contributed by atoms with Crippen molar-refractivity contribution in [3.63, 3.8) is 0 Å².